The summed E-state index contributed by atoms with van der Waals surface area (Å²) in [6, 6.07) is 22.5. The van der Waals surface area contributed by atoms with Crippen molar-refractivity contribution in [3.05, 3.63) is 99.3 Å². The number of para-hydroxylation sites is 1. The molecule has 7 heteroatoms. The summed E-state index contributed by atoms with van der Waals surface area (Å²) in [5, 5.41) is 4.51. The normalized spacial score (nSPS) is 10.9. The number of benzene rings is 3. The molecule has 4 rings (SSSR count). The highest BCUT2D eigenvalue weighted by atomic mass is 35.5. The summed E-state index contributed by atoms with van der Waals surface area (Å²) in [5.74, 6) is -0.0346. The Balaban J connectivity index is 1.60. The van der Waals surface area contributed by atoms with Crippen LogP contribution < -0.4 is 10.9 Å². The van der Waals surface area contributed by atoms with Gasteiger partial charge in [-0.1, -0.05) is 72.8 Å². The molecule has 0 aliphatic heterocycles. The van der Waals surface area contributed by atoms with Crippen LogP contribution >= 0.6 is 23.4 Å². The second-order valence-corrected chi connectivity index (χ2v) is 8.58. The van der Waals surface area contributed by atoms with Gasteiger partial charge in [-0.15, -0.1) is 0 Å². The Morgan fingerprint density at radius 3 is 2.50 bits per heavy atom. The second kappa shape index (κ2) is 10.0. The maximum absolute atomic E-state index is 13.3. The van der Waals surface area contributed by atoms with E-state index < -0.39 is 0 Å². The van der Waals surface area contributed by atoms with E-state index in [1.807, 2.05) is 60.7 Å². The highest BCUT2D eigenvalue weighted by Crippen LogP contribution is 2.22. The van der Waals surface area contributed by atoms with E-state index in [9.17, 15) is 9.59 Å². The van der Waals surface area contributed by atoms with E-state index in [0.29, 0.717) is 27.6 Å². The summed E-state index contributed by atoms with van der Waals surface area (Å²) < 4.78 is 1.58. The summed E-state index contributed by atoms with van der Waals surface area (Å²) in [6.07, 6.45) is 0.915. The van der Waals surface area contributed by atoms with Crippen LogP contribution in [-0.4, -0.2) is 21.2 Å². The molecule has 0 saturated carbocycles. The fourth-order valence-corrected chi connectivity index (χ4v) is 4.38. The minimum atomic E-state index is -0.162. The molecule has 5 nitrogen and oxygen atoms in total. The quantitative estimate of drug-likeness (QED) is 0.309. The van der Waals surface area contributed by atoms with Crippen LogP contribution in [0.25, 0.3) is 16.6 Å². The Labute approximate surface area is 195 Å². The highest BCUT2D eigenvalue weighted by molar-refractivity contribution is 7.99. The van der Waals surface area contributed by atoms with Gasteiger partial charge in [0.05, 0.1) is 22.3 Å². The fraction of sp³-hybridized carbons (Fsp3) is 0.160. The van der Waals surface area contributed by atoms with E-state index in [2.05, 4.69) is 17.2 Å². The number of hydrogen-bond acceptors (Lipinski definition) is 4. The van der Waals surface area contributed by atoms with Crippen LogP contribution in [-0.2, 0) is 17.8 Å². The third-order valence-electron chi connectivity index (χ3n) is 5.11. The number of halogens is 1. The second-order valence-electron chi connectivity index (χ2n) is 7.23. The number of aromatic nitrogens is 2. The smallest absolute Gasteiger partial charge is 0.266 e. The molecule has 0 spiro atoms. The van der Waals surface area contributed by atoms with Crippen molar-refractivity contribution < 1.29 is 4.79 Å². The average molecular weight is 464 g/mol. The van der Waals surface area contributed by atoms with Crippen molar-refractivity contribution in [2.24, 2.45) is 0 Å². The maximum Gasteiger partial charge on any atom is 0.266 e. The summed E-state index contributed by atoms with van der Waals surface area (Å²) in [5.41, 5.74) is 3.22. The van der Waals surface area contributed by atoms with Crippen molar-refractivity contribution in [3.8, 4) is 5.69 Å². The molecule has 1 heterocycles. The van der Waals surface area contributed by atoms with Crippen LogP contribution in [0, 0.1) is 0 Å². The zero-order valence-electron chi connectivity index (χ0n) is 17.5. The summed E-state index contributed by atoms with van der Waals surface area (Å²) in [7, 11) is 0. The van der Waals surface area contributed by atoms with Crippen molar-refractivity contribution in [2.75, 3.05) is 5.75 Å². The molecule has 0 unspecified atom stereocenters. The molecule has 4 aromatic rings. The topological polar surface area (TPSA) is 64.0 Å². The van der Waals surface area contributed by atoms with Crippen LogP contribution in [0.2, 0.25) is 5.02 Å². The average Bonchev–Trinajstić information content (AvgIpc) is 2.82. The SMILES string of the molecule is CCc1ccc(-n2c(SCC(=O)NCc3ccccc3Cl)nc3ccccc3c2=O)cc1. The first kappa shape index (κ1) is 22.1. The molecule has 0 radical (unpaired) electrons. The minimum absolute atomic E-state index is 0.127. The molecule has 0 saturated heterocycles. The molecule has 1 aromatic heterocycles. The van der Waals surface area contributed by atoms with Gasteiger partial charge in [-0.3, -0.25) is 14.2 Å². The number of carbonyl (C=O) groups is 1. The summed E-state index contributed by atoms with van der Waals surface area (Å²) in [6.45, 7) is 2.43. The van der Waals surface area contributed by atoms with E-state index >= 15 is 0 Å². The van der Waals surface area contributed by atoms with Crippen LogP contribution in [0.4, 0.5) is 0 Å². The van der Waals surface area contributed by atoms with Crippen LogP contribution in [0.3, 0.4) is 0 Å². The van der Waals surface area contributed by atoms with E-state index in [4.69, 9.17) is 11.6 Å². The van der Waals surface area contributed by atoms with Gasteiger partial charge in [0, 0.05) is 11.6 Å². The summed E-state index contributed by atoms with van der Waals surface area (Å²) in [4.78, 5) is 30.5. The van der Waals surface area contributed by atoms with Crippen molar-refractivity contribution in [3.63, 3.8) is 0 Å². The molecule has 0 bridgehead atoms. The van der Waals surface area contributed by atoms with Crippen LogP contribution in [0.15, 0.2) is 82.7 Å². The van der Waals surface area contributed by atoms with Gasteiger partial charge in [0.15, 0.2) is 5.16 Å². The number of fused-ring (bicyclic) bond motifs is 1. The molecule has 0 fully saturated rings. The zero-order chi connectivity index (χ0) is 22.5. The third-order valence-corrected chi connectivity index (χ3v) is 6.42. The zero-order valence-corrected chi connectivity index (χ0v) is 19.1. The van der Waals surface area contributed by atoms with Gasteiger partial charge >= 0.3 is 0 Å². The first-order chi connectivity index (χ1) is 15.6. The molecule has 0 aliphatic rings. The molecule has 162 valence electrons. The number of rotatable bonds is 7. The first-order valence-corrected chi connectivity index (χ1v) is 11.7. The number of nitrogens with one attached hydrogen (secondary N) is 1. The molecular formula is C25H22ClN3O2S. The Morgan fingerprint density at radius 2 is 1.75 bits per heavy atom. The lowest BCUT2D eigenvalue weighted by Gasteiger charge is -2.14. The van der Waals surface area contributed by atoms with Crippen LogP contribution in [0.1, 0.15) is 18.1 Å². The predicted octanol–water partition coefficient (Wildman–Crippen LogP) is 5.01. The standard InChI is InChI=1S/C25H22ClN3O2S/c1-2-17-11-13-19(14-12-17)29-24(31)20-8-4-6-10-22(20)28-25(29)32-16-23(30)27-15-18-7-3-5-9-21(18)26/h3-14H,2,15-16H2,1H3,(H,27,30). The Bertz CT molecular complexity index is 1320. The summed E-state index contributed by atoms with van der Waals surface area (Å²) >= 11 is 7.39. The Kier molecular flexibility index (Phi) is 6.93. The Hall–Kier alpha value is -3.09. The number of thioether (sulfide) groups is 1. The fourth-order valence-electron chi connectivity index (χ4n) is 3.33. The van der Waals surface area contributed by atoms with Crippen molar-refractivity contribution in [2.45, 2.75) is 25.0 Å². The molecule has 32 heavy (non-hydrogen) atoms. The predicted molar refractivity (Wildman–Crippen MR) is 131 cm³/mol. The van der Waals surface area contributed by atoms with Gasteiger partial charge in [-0.25, -0.2) is 4.98 Å². The third kappa shape index (κ3) is 4.87. The molecular weight excluding hydrogens is 442 g/mol. The molecule has 0 aliphatic carbocycles. The van der Waals surface area contributed by atoms with Gasteiger partial charge in [0.25, 0.3) is 5.56 Å². The molecule has 3 aromatic carbocycles. The molecule has 1 N–H and O–H groups in total. The number of aryl methyl sites for hydroxylation is 1. The van der Waals surface area contributed by atoms with Gasteiger partial charge in [0.2, 0.25) is 5.91 Å². The van der Waals surface area contributed by atoms with Gasteiger partial charge in [0.1, 0.15) is 0 Å². The van der Waals surface area contributed by atoms with Gasteiger partial charge < -0.3 is 5.32 Å². The van der Waals surface area contributed by atoms with Crippen molar-refractivity contribution >= 4 is 40.2 Å². The van der Waals surface area contributed by atoms with E-state index in [0.717, 1.165) is 17.7 Å². The van der Waals surface area contributed by atoms with Crippen LogP contribution in [0.5, 0.6) is 0 Å². The minimum Gasteiger partial charge on any atom is -0.351 e. The number of amides is 1. The number of carbonyl (C=O) groups excluding carboxylic acids is 1. The lowest BCUT2D eigenvalue weighted by Crippen LogP contribution is -2.26. The maximum atomic E-state index is 13.3. The highest BCUT2D eigenvalue weighted by Gasteiger charge is 2.15. The molecule has 1 amide bonds. The first-order valence-electron chi connectivity index (χ1n) is 10.3. The largest absolute Gasteiger partial charge is 0.351 e. The van der Waals surface area contributed by atoms with E-state index in [-0.39, 0.29) is 17.2 Å². The van der Waals surface area contributed by atoms with E-state index in [1.165, 1.54) is 17.3 Å². The lowest BCUT2D eigenvalue weighted by molar-refractivity contribution is -0.118. The number of nitrogens with zero attached hydrogens (tertiary/aromatic N) is 2. The monoisotopic (exact) mass is 463 g/mol. The number of hydrogen-bond donors (Lipinski definition) is 1. The molecule has 0 atom stereocenters. The van der Waals surface area contributed by atoms with Gasteiger partial charge in [-0.05, 0) is 47.9 Å². The Morgan fingerprint density at radius 1 is 1.03 bits per heavy atom. The van der Waals surface area contributed by atoms with Gasteiger partial charge in [-0.2, -0.15) is 0 Å². The van der Waals surface area contributed by atoms with Crippen molar-refractivity contribution in [1.29, 1.82) is 0 Å². The van der Waals surface area contributed by atoms with E-state index in [1.54, 1.807) is 16.7 Å². The van der Waals surface area contributed by atoms with Crippen molar-refractivity contribution in [1.82, 2.24) is 14.9 Å². The lowest BCUT2D eigenvalue weighted by atomic mass is 10.1.